The Morgan fingerprint density at radius 2 is 1.74 bits per heavy atom. The number of carbonyl (C=O) groups excluding carboxylic acids is 1. The molecule has 0 bridgehead atoms. The molecule has 172 valence electrons. The van der Waals surface area contributed by atoms with Crippen LogP contribution in [0.3, 0.4) is 0 Å². The van der Waals surface area contributed by atoms with E-state index in [4.69, 9.17) is 4.74 Å². The molecule has 31 heavy (non-hydrogen) atoms. The third-order valence-corrected chi connectivity index (χ3v) is 9.02. The number of morpholine rings is 1. The summed E-state index contributed by atoms with van der Waals surface area (Å²) in [6, 6.07) is 6.96. The topological polar surface area (TPSA) is 79.0 Å². The fraction of sp³-hybridized carbons (Fsp3) is 0.696. The Hall–Kier alpha value is -1.48. The van der Waals surface area contributed by atoms with Crippen LogP contribution in [0.5, 0.6) is 0 Å². The Bertz CT molecular complexity index is 850. The molecule has 0 spiro atoms. The lowest BCUT2D eigenvalue weighted by Crippen LogP contribution is -2.54. The number of ether oxygens (including phenoxy) is 1. The third-order valence-electron chi connectivity index (χ3n) is 7.10. The monoisotopic (exact) mass is 449 g/mol. The zero-order chi connectivity index (χ0) is 21.8. The van der Waals surface area contributed by atoms with Crippen LogP contribution >= 0.6 is 0 Å². The Kier molecular flexibility index (Phi) is 7.31. The molecular formula is C23H35N3O4S. The summed E-state index contributed by atoms with van der Waals surface area (Å²) in [5.41, 5.74) is 0.623. The van der Waals surface area contributed by atoms with E-state index in [1.165, 1.54) is 23.6 Å². The van der Waals surface area contributed by atoms with Gasteiger partial charge in [0.2, 0.25) is 15.9 Å². The number of carbonyl (C=O) groups is 1. The van der Waals surface area contributed by atoms with E-state index in [1.807, 2.05) is 0 Å². The molecule has 1 aromatic carbocycles. The van der Waals surface area contributed by atoms with Crippen LogP contribution in [0.2, 0.25) is 0 Å². The molecule has 7 nitrogen and oxygen atoms in total. The van der Waals surface area contributed by atoms with Crippen LogP contribution in [0.25, 0.3) is 0 Å². The van der Waals surface area contributed by atoms with Crippen molar-refractivity contribution in [2.75, 3.05) is 32.1 Å². The van der Waals surface area contributed by atoms with E-state index < -0.39 is 10.0 Å². The summed E-state index contributed by atoms with van der Waals surface area (Å²) < 4.78 is 33.4. The lowest BCUT2D eigenvalue weighted by Gasteiger charge is -2.43. The maximum Gasteiger partial charge on any atom is 0.243 e. The number of amides is 1. The Labute approximate surface area is 186 Å². The van der Waals surface area contributed by atoms with Crippen LogP contribution in [-0.2, 0) is 19.6 Å². The fourth-order valence-electron chi connectivity index (χ4n) is 5.28. The molecule has 2 saturated carbocycles. The lowest BCUT2D eigenvalue weighted by atomic mass is 9.90. The second-order valence-electron chi connectivity index (χ2n) is 9.12. The summed E-state index contributed by atoms with van der Waals surface area (Å²) in [5.74, 6) is -0.0684. The Morgan fingerprint density at radius 1 is 1.06 bits per heavy atom. The maximum absolute atomic E-state index is 13.0. The molecule has 8 heteroatoms. The number of sulfonamides is 1. The van der Waals surface area contributed by atoms with Crippen molar-refractivity contribution in [1.29, 1.82) is 0 Å². The van der Waals surface area contributed by atoms with Gasteiger partial charge in [-0.1, -0.05) is 32.1 Å². The average molecular weight is 450 g/mol. The maximum atomic E-state index is 13.0. The number of nitrogens with one attached hydrogen (secondary N) is 1. The van der Waals surface area contributed by atoms with Crippen molar-refractivity contribution in [3.63, 3.8) is 0 Å². The van der Waals surface area contributed by atoms with Crippen molar-refractivity contribution in [3.8, 4) is 0 Å². The van der Waals surface area contributed by atoms with Crippen LogP contribution in [-0.4, -0.2) is 68.5 Å². The van der Waals surface area contributed by atoms with Gasteiger partial charge in [-0.05, 0) is 49.9 Å². The molecule has 3 fully saturated rings. The fourth-order valence-corrected chi connectivity index (χ4v) is 6.69. The zero-order valence-corrected chi connectivity index (χ0v) is 19.3. The molecule has 1 N–H and O–H groups in total. The van der Waals surface area contributed by atoms with Crippen molar-refractivity contribution in [2.24, 2.45) is 0 Å². The standard InChI is InChI=1S/C23H35N3O4S/c1-25(19-7-3-2-4-8-19)31(28,29)20-13-11-18(12-14-20)24-23(27)17-26-15-16-30-22-10-6-5-9-21(22)26/h11-14,19,21-22H,2-10,15-17H2,1H3,(H,24,27). The molecule has 0 aromatic heterocycles. The molecule has 1 aliphatic heterocycles. The van der Waals surface area contributed by atoms with E-state index in [0.717, 1.165) is 45.1 Å². The van der Waals surface area contributed by atoms with Crippen LogP contribution < -0.4 is 5.32 Å². The second kappa shape index (κ2) is 9.98. The van der Waals surface area contributed by atoms with Crippen molar-refractivity contribution in [3.05, 3.63) is 24.3 Å². The third kappa shape index (κ3) is 5.30. The van der Waals surface area contributed by atoms with Gasteiger partial charge in [0.05, 0.1) is 24.2 Å². The first-order chi connectivity index (χ1) is 14.9. The summed E-state index contributed by atoms with van der Waals surface area (Å²) in [7, 11) is -1.84. The number of benzene rings is 1. The summed E-state index contributed by atoms with van der Waals surface area (Å²) in [6.45, 7) is 1.80. The quantitative estimate of drug-likeness (QED) is 0.721. The van der Waals surface area contributed by atoms with E-state index in [2.05, 4.69) is 10.2 Å². The minimum Gasteiger partial charge on any atom is -0.375 e. The first-order valence-corrected chi connectivity index (χ1v) is 13.1. The number of hydrogen-bond donors (Lipinski definition) is 1. The van der Waals surface area contributed by atoms with Gasteiger partial charge in [0.15, 0.2) is 0 Å². The number of hydrogen-bond acceptors (Lipinski definition) is 5. The molecule has 1 saturated heterocycles. The van der Waals surface area contributed by atoms with Crippen molar-refractivity contribution >= 4 is 21.6 Å². The van der Waals surface area contributed by atoms with Gasteiger partial charge < -0.3 is 10.1 Å². The summed E-state index contributed by atoms with van der Waals surface area (Å²) >= 11 is 0. The van der Waals surface area contributed by atoms with Gasteiger partial charge in [-0.2, -0.15) is 4.31 Å². The lowest BCUT2D eigenvalue weighted by molar-refractivity contribution is -0.124. The van der Waals surface area contributed by atoms with E-state index in [0.29, 0.717) is 24.9 Å². The van der Waals surface area contributed by atoms with Gasteiger partial charge in [0.1, 0.15) is 0 Å². The molecule has 1 amide bonds. The van der Waals surface area contributed by atoms with Gasteiger partial charge in [-0.15, -0.1) is 0 Å². The van der Waals surface area contributed by atoms with Crippen LogP contribution in [0.1, 0.15) is 57.8 Å². The van der Waals surface area contributed by atoms with E-state index in [9.17, 15) is 13.2 Å². The number of fused-ring (bicyclic) bond motifs is 1. The van der Waals surface area contributed by atoms with Crippen LogP contribution in [0.4, 0.5) is 5.69 Å². The van der Waals surface area contributed by atoms with Gasteiger partial charge >= 0.3 is 0 Å². The highest BCUT2D eigenvalue weighted by molar-refractivity contribution is 7.89. The summed E-state index contributed by atoms with van der Waals surface area (Å²) in [4.78, 5) is 15.1. The predicted molar refractivity (Wildman–Crippen MR) is 120 cm³/mol. The minimum atomic E-state index is -3.52. The molecule has 4 rings (SSSR count). The molecule has 0 radical (unpaired) electrons. The van der Waals surface area contributed by atoms with Gasteiger partial charge in [0, 0.05) is 31.4 Å². The van der Waals surface area contributed by atoms with E-state index in [-0.39, 0.29) is 22.9 Å². The van der Waals surface area contributed by atoms with Gasteiger partial charge in [0.25, 0.3) is 0 Å². The summed E-state index contributed by atoms with van der Waals surface area (Å²) in [6.07, 6.45) is 10.00. The molecular weight excluding hydrogens is 414 g/mol. The van der Waals surface area contributed by atoms with Gasteiger partial charge in [-0.25, -0.2) is 8.42 Å². The highest BCUT2D eigenvalue weighted by Gasteiger charge is 2.35. The summed E-state index contributed by atoms with van der Waals surface area (Å²) in [5, 5.41) is 2.93. The molecule has 2 aliphatic carbocycles. The molecule has 2 unspecified atom stereocenters. The highest BCUT2D eigenvalue weighted by atomic mass is 32.2. The van der Waals surface area contributed by atoms with Crippen LogP contribution in [0.15, 0.2) is 29.2 Å². The molecule has 1 aromatic rings. The average Bonchev–Trinajstić information content (AvgIpc) is 2.80. The van der Waals surface area contributed by atoms with Crippen molar-refractivity contribution < 1.29 is 17.9 Å². The second-order valence-corrected chi connectivity index (χ2v) is 11.1. The normalized spacial score (nSPS) is 25.9. The first-order valence-electron chi connectivity index (χ1n) is 11.7. The molecule has 3 aliphatic rings. The largest absolute Gasteiger partial charge is 0.375 e. The van der Waals surface area contributed by atoms with E-state index >= 15 is 0 Å². The first kappa shape index (κ1) is 22.7. The SMILES string of the molecule is CN(C1CCCCC1)S(=O)(=O)c1ccc(NC(=O)CN2CCOC3CCCCC32)cc1. The Balaban J connectivity index is 1.35. The zero-order valence-electron chi connectivity index (χ0n) is 18.5. The van der Waals surface area contributed by atoms with Crippen LogP contribution in [0, 0.1) is 0 Å². The minimum absolute atomic E-state index is 0.0684. The van der Waals surface area contributed by atoms with Gasteiger partial charge in [-0.3, -0.25) is 9.69 Å². The highest BCUT2D eigenvalue weighted by Crippen LogP contribution is 2.29. The predicted octanol–water partition coefficient (Wildman–Crippen LogP) is 3.22. The van der Waals surface area contributed by atoms with Crippen molar-refractivity contribution in [2.45, 2.75) is 80.9 Å². The van der Waals surface area contributed by atoms with E-state index in [1.54, 1.807) is 31.3 Å². The molecule has 1 heterocycles. The smallest absolute Gasteiger partial charge is 0.243 e. The Morgan fingerprint density at radius 3 is 2.48 bits per heavy atom. The molecule has 2 atom stereocenters. The number of nitrogens with zero attached hydrogens (tertiary/aromatic N) is 2. The number of rotatable bonds is 6. The number of anilines is 1. The van der Waals surface area contributed by atoms with Crippen molar-refractivity contribution in [1.82, 2.24) is 9.21 Å².